The Bertz CT molecular complexity index is 244. The predicted octanol–water partition coefficient (Wildman–Crippen LogP) is 1.77. The average Bonchev–Trinajstić information content (AvgIpc) is 2.44. The van der Waals surface area contributed by atoms with Crippen LogP contribution >= 0.6 is 0 Å². The molecule has 5 heteroatoms. The fourth-order valence-corrected chi connectivity index (χ4v) is 2.14. The fraction of sp³-hybridized carbons (Fsp3) is 0.933. The minimum absolute atomic E-state index is 0.00784. The van der Waals surface area contributed by atoms with Crippen LogP contribution in [-0.2, 0) is 9.53 Å². The highest BCUT2D eigenvalue weighted by Gasteiger charge is 2.26. The molecular formula is C15H30O5. The van der Waals surface area contributed by atoms with Crippen molar-refractivity contribution < 1.29 is 24.9 Å². The van der Waals surface area contributed by atoms with E-state index < -0.39 is 24.3 Å². The number of hydrogen-bond acceptors (Lipinski definition) is 5. The van der Waals surface area contributed by atoms with Crippen molar-refractivity contribution in [2.24, 2.45) is 0 Å². The third-order valence-corrected chi connectivity index (χ3v) is 3.46. The predicted molar refractivity (Wildman–Crippen MR) is 77.3 cm³/mol. The Hall–Kier alpha value is -0.650. The molecule has 0 spiro atoms. The van der Waals surface area contributed by atoms with Crippen LogP contribution in [-0.4, -0.2) is 46.7 Å². The van der Waals surface area contributed by atoms with Crippen LogP contribution in [0.5, 0.6) is 0 Å². The lowest BCUT2D eigenvalue weighted by atomic mass is 10.0. The summed E-state index contributed by atoms with van der Waals surface area (Å²) in [6.07, 6.45) is 5.16. The van der Waals surface area contributed by atoms with E-state index in [-0.39, 0.29) is 6.42 Å². The van der Waals surface area contributed by atoms with Gasteiger partial charge in [-0.2, -0.15) is 0 Å². The SMILES string of the molecule is CCCCCCCCCC(O)CC(O)C(O)C(=O)OC. The highest BCUT2D eigenvalue weighted by Crippen LogP contribution is 2.13. The molecule has 120 valence electrons. The highest BCUT2D eigenvalue weighted by atomic mass is 16.5. The maximum Gasteiger partial charge on any atom is 0.337 e. The van der Waals surface area contributed by atoms with Crippen molar-refractivity contribution in [2.45, 2.75) is 83.0 Å². The first-order valence-corrected chi connectivity index (χ1v) is 7.64. The van der Waals surface area contributed by atoms with Gasteiger partial charge in [-0.25, -0.2) is 4.79 Å². The number of carbonyl (C=O) groups is 1. The second-order valence-electron chi connectivity index (χ2n) is 5.33. The van der Waals surface area contributed by atoms with Gasteiger partial charge < -0.3 is 20.1 Å². The smallest absolute Gasteiger partial charge is 0.337 e. The summed E-state index contributed by atoms with van der Waals surface area (Å²) < 4.78 is 4.33. The summed E-state index contributed by atoms with van der Waals surface area (Å²) in [6, 6.07) is 0. The molecule has 0 aliphatic rings. The molecule has 20 heavy (non-hydrogen) atoms. The van der Waals surface area contributed by atoms with Gasteiger partial charge in [0, 0.05) is 6.42 Å². The van der Waals surface area contributed by atoms with Gasteiger partial charge >= 0.3 is 5.97 Å². The van der Waals surface area contributed by atoms with Gasteiger partial charge in [-0.15, -0.1) is 0 Å². The molecule has 0 aliphatic heterocycles. The third kappa shape index (κ3) is 9.28. The van der Waals surface area contributed by atoms with Crippen LogP contribution in [0, 0.1) is 0 Å². The Morgan fingerprint density at radius 2 is 1.55 bits per heavy atom. The molecule has 0 aromatic carbocycles. The topological polar surface area (TPSA) is 87.0 Å². The van der Waals surface area contributed by atoms with Gasteiger partial charge in [-0.1, -0.05) is 51.9 Å². The summed E-state index contributed by atoms with van der Waals surface area (Å²) in [7, 11) is 1.15. The quantitative estimate of drug-likeness (QED) is 0.377. The van der Waals surface area contributed by atoms with Gasteiger partial charge in [0.15, 0.2) is 6.10 Å². The first-order valence-electron chi connectivity index (χ1n) is 7.64. The van der Waals surface area contributed by atoms with E-state index >= 15 is 0 Å². The lowest BCUT2D eigenvalue weighted by molar-refractivity contribution is -0.157. The van der Waals surface area contributed by atoms with Crippen molar-refractivity contribution in [3.05, 3.63) is 0 Å². The Balaban J connectivity index is 3.62. The number of aliphatic hydroxyl groups excluding tert-OH is 3. The molecule has 3 atom stereocenters. The molecule has 0 aromatic rings. The summed E-state index contributed by atoms with van der Waals surface area (Å²) >= 11 is 0. The van der Waals surface area contributed by atoms with E-state index in [2.05, 4.69) is 11.7 Å². The van der Waals surface area contributed by atoms with Gasteiger partial charge in [0.05, 0.1) is 19.3 Å². The second-order valence-corrected chi connectivity index (χ2v) is 5.33. The molecule has 0 heterocycles. The lowest BCUT2D eigenvalue weighted by Gasteiger charge is -2.18. The maximum absolute atomic E-state index is 11.0. The van der Waals surface area contributed by atoms with E-state index in [1.165, 1.54) is 32.1 Å². The second kappa shape index (κ2) is 12.1. The van der Waals surface area contributed by atoms with Gasteiger partial charge in [0.1, 0.15) is 0 Å². The van der Waals surface area contributed by atoms with E-state index in [1.807, 2.05) is 0 Å². The number of ether oxygens (including phenoxy) is 1. The monoisotopic (exact) mass is 290 g/mol. The van der Waals surface area contributed by atoms with Crippen LogP contribution in [0.4, 0.5) is 0 Å². The Morgan fingerprint density at radius 1 is 1.00 bits per heavy atom. The zero-order valence-corrected chi connectivity index (χ0v) is 12.8. The number of methoxy groups -OCH3 is 1. The zero-order valence-electron chi connectivity index (χ0n) is 12.8. The molecule has 0 amide bonds. The third-order valence-electron chi connectivity index (χ3n) is 3.46. The molecule has 0 aliphatic carbocycles. The number of aliphatic hydroxyl groups is 3. The molecule has 0 aromatic heterocycles. The normalized spacial score (nSPS) is 15.7. The molecular weight excluding hydrogens is 260 g/mol. The Kier molecular flexibility index (Phi) is 11.7. The van der Waals surface area contributed by atoms with Gasteiger partial charge in [0.2, 0.25) is 0 Å². The molecule has 0 saturated heterocycles. The zero-order chi connectivity index (χ0) is 15.4. The largest absolute Gasteiger partial charge is 0.467 e. The fourth-order valence-electron chi connectivity index (χ4n) is 2.14. The molecule has 0 bridgehead atoms. The van der Waals surface area contributed by atoms with Crippen molar-refractivity contribution >= 4 is 5.97 Å². The Labute approximate surface area is 122 Å². The van der Waals surface area contributed by atoms with Crippen molar-refractivity contribution in [3.8, 4) is 0 Å². The number of hydrogen-bond donors (Lipinski definition) is 3. The van der Waals surface area contributed by atoms with Crippen molar-refractivity contribution in [3.63, 3.8) is 0 Å². The molecule has 0 rings (SSSR count). The summed E-state index contributed by atoms with van der Waals surface area (Å²) in [5, 5.41) is 28.7. The number of rotatable bonds is 12. The van der Waals surface area contributed by atoms with Crippen LogP contribution < -0.4 is 0 Å². The summed E-state index contributed by atoms with van der Waals surface area (Å²) in [4.78, 5) is 11.0. The minimum atomic E-state index is -1.58. The molecule has 0 radical (unpaired) electrons. The number of esters is 1. The number of carbonyl (C=O) groups excluding carboxylic acids is 1. The molecule has 5 nitrogen and oxygen atoms in total. The van der Waals surface area contributed by atoms with Gasteiger partial charge in [-0.05, 0) is 6.42 Å². The van der Waals surface area contributed by atoms with Crippen molar-refractivity contribution in [1.29, 1.82) is 0 Å². The first-order chi connectivity index (χ1) is 9.52. The summed E-state index contributed by atoms with van der Waals surface area (Å²) in [5.41, 5.74) is 0. The molecule has 0 saturated carbocycles. The first kappa shape index (κ1) is 19.4. The lowest BCUT2D eigenvalue weighted by Crippen LogP contribution is -2.37. The molecule has 3 unspecified atom stereocenters. The maximum atomic E-state index is 11.0. The average molecular weight is 290 g/mol. The van der Waals surface area contributed by atoms with Crippen LogP contribution in [0.25, 0.3) is 0 Å². The van der Waals surface area contributed by atoms with E-state index in [0.29, 0.717) is 6.42 Å². The highest BCUT2D eigenvalue weighted by molar-refractivity contribution is 5.74. The van der Waals surface area contributed by atoms with Crippen LogP contribution in [0.1, 0.15) is 64.7 Å². The summed E-state index contributed by atoms with van der Waals surface area (Å²) in [5.74, 6) is -0.874. The van der Waals surface area contributed by atoms with E-state index in [1.54, 1.807) is 0 Å². The van der Waals surface area contributed by atoms with Crippen molar-refractivity contribution in [1.82, 2.24) is 0 Å². The molecule has 3 N–H and O–H groups in total. The van der Waals surface area contributed by atoms with Gasteiger partial charge in [-0.3, -0.25) is 0 Å². The van der Waals surface area contributed by atoms with Gasteiger partial charge in [0.25, 0.3) is 0 Å². The van der Waals surface area contributed by atoms with Crippen LogP contribution in [0.15, 0.2) is 0 Å². The molecule has 0 fully saturated rings. The standard InChI is InChI=1S/C15H30O5/c1-3-4-5-6-7-8-9-10-12(16)11-13(17)14(18)15(19)20-2/h12-14,16-18H,3-11H2,1-2H3. The minimum Gasteiger partial charge on any atom is -0.467 e. The van der Waals surface area contributed by atoms with E-state index in [4.69, 9.17) is 0 Å². The van der Waals surface area contributed by atoms with E-state index in [9.17, 15) is 20.1 Å². The summed E-state index contributed by atoms with van der Waals surface area (Å²) in [6.45, 7) is 2.18. The van der Waals surface area contributed by atoms with Crippen LogP contribution in [0.2, 0.25) is 0 Å². The van der Waals surface area contributed by atoms with Crippen molar-refractivity contribution in [2.75, 3.05) is 7.11 Å². The van der Waals surface area contributed by atoms with E-state index in [0.717, 1.165) is 20.0 Å². The van der Waals surface area contributed by atoms with Crippen LogP contribution in [0.3, 0.4) is 0 Å². The number of unbranched alkanes of at least 4 members (excludes halogenated alkanes) is 6. The Morgan fingerprint density at radius 3 is 2.10 bits per heavy atom.